The van der Waals surface area contributed by atoms with E-state index in [1.54, 1.807) is 10.5 Å². The van der Waals surface area contributed by atoms with Gasteiger partial charge in [0, 0.05) is 50.2 Å². The molecule has 2 heterocycles. The molecule has 0 saturated carbocycles. The summed E-state index contributed by atoms with van der Waals surface area (Å²) in [5.74, 6) is 0.118. The maximum absolute atomic E-state index is 12.6. The van der Waals surface area contributed by atoms with Crippen LogP contribution in [0.1, 0.15) is 16.8 Å². The first kappa shape index (κ1) is 17.9. The zero-order chi connectivity index (χ0) is 17.9. The summed E-state index contributed by atoms with van der Waals surface area (Å²) in [5, 5.41) is 0. The Morgan fingerprint density at radius 3 is 2.24 bits per heavy atom. The fourth-order valence-corrected chi connectivity index (χ4v) is 4.85. The molecule has 6 heteroatoms. The van der Waals surface area contributed by atoms with E-state index < -0.39 is 10.0 Å². The number of anilines is 1. The van der Waals surface area contributed by atoms with E-state index in [4.69, 9.17) is 0 Å². The highest BCUT2D eigenvalue weighted by molar-refractivity contribution is 7.89. The van der Waals surface area contributed by atoms with Gasteiger partial charge in [-0.25, -0.2) is 8.42 Å². The maximum Gasteiger partial charge on any atom is 0.214 e. The number of pyridine rings is 1. The van der Waals surface area contributed by atoms with Gasteiger partial charge in [-0.05, 0) is 37.1 Å². The summed E-state index contributed by atoms with van der Waals surface area (Å²) in [6, 6.07) is 11.9. The first-order valence-corrected chi connectivity index (χ1v) is 10.3. The van der Waals surface area contributed by atoms with Crippen LogP contribution in [0.2, 0.25) is 0 Å². The minimum absolute atomic E-state index is 0.118. The lowest BCUT2D eigenvalue weighted by Crippen LogP contribution is -2.49. The van der Waals surface area contributed by atoms with Crippen molar-refractivity contribution in [2.75, 3.05) is 36.8 Å². The number of aromatic nitrogens is 1. The summed E-state index contributed by atoms with van der Waals surface area (Å²) in [6.45, 7) is 6.76. The van der Waals surface area contributed by atoms with Crippen LogP contribution in [0.5, 0.6) is 0 Å². The molecule has 134 valence electrons. The summed E-state index contributed by atoms with van der Waals surface area (Å²) in [5.41, 5.74) is 4.55. The second-order valence-corrected chi connectivity index (χ2v) is 8.60. The van der Waals surface area contributed by atoms with Crippen molar-refractivity contribution in [1.82, 2.24) is 9.29 Å². The highest BCUT2D eigenvalue weighted by Crippen LogP contribution is 2.26. The van der Waals surface area contributed by atoms with E-state index in [-0.39, 0.29) is 5.75 Å². The van der Waals surface area contributed by atoms with Crippen LogP contribution in [0.4, 0.5) is 5.69 Å². The molecule has 0 unspecified atom stereocenters. The molecule has 3 rings (SSSR count). The smallest absolute Gasteiger partial charge is 0.214 e. The van der Waals surface area contributed by atoms with Crippen molar-refractivity contribution in [3.63, 3.8) is 0 Å². The van der Waals surface area contributed by atoms with Gasteiger partial charge in [0.1, 0.15) is 0 Å². The van der Waals surface area contributed by atoms with Crippen molar-refractivity contribution in [2.45, 2.75) is 20.3 Å². The number of rotatable bonds is 5. The van der Waals surface area contributed by atoms with Crippen LogP contribution >= 0.6 is 0 Å². The van der Waals surface area contributed by atoms with Gasteiger partial charge in [0.25, 0.3) is 0 Å². The number of aryl methyl sites for hydroxylation is 3. The summed E-state index contributed by atoms with van der Waals surface area (Å²) in [7, 11) is -3.24. The fraction of sp³-hybridized carbons (Fsp3) is 0.421. The number of sulfonamides is 1. The van der Waals surface area contributed by atoms with Gasteiger partial charge >= 0.3 is 0 Å². The van der Waals surface area contributed by atoms with Gasteiger partial charge in [0.15, 0.2) is 0 Å². The molecule has 1 aliphatic heterocycles. The lowest BCUT2D eigenvalue weighted by atomic mass is 10.1. The van der Waals surface area contributed by atoms with Crippen molar-refractivity contribution in [3.05, 3.63) is 59.4 Å². The zero-order valence-electron chi connectivity index (χ0n) is 14.9. The largest absolute Gasteiger partial charge is 0.368 e. The molecule has 2 aromatic rings. The normalized spacial score (nSPS) is 16.2. The Kier molecular flexibility index (Phi) is 5.39. The Labute approximate surface area is 150 Å². The molecular weight excluding hydrogens is 334 g/mol. The SMILES string of the molecule is Cc1cccc(C)c1N1CCN(S(=O)(=O)CCc2ccccn2)CC1. The topological polar surface area (TPSA) is 53.5 Å². The molecule has 25 heavy (non-hydrogen) atoms. The first-order valence-electron chi connectivity index (χ1n) is 8.66. The molecule has 1 saturated heterocycles. The van der Waals surface area contributed by atoms with Gasteiger partial charge < -0.3 is 4.90 Å². The van der Waals surface area contributed by atoms with Crippen molar-refractivity contribution < 1.29 is 8.42 Å². The second-order valence-electron chi connectivity index (χ2n) is 6.51. The van der Waals surface area contributed by atoms with Gasteiger partial charge in [-0.2, -0.15) is 4.31 Å². The van der Waals surface area contributed by atoms with E-state index in [1.807, 2.05) is 18.2 Å². The predicted molar refractivity (Wildman–Crippen MR) is 101 cm³/mol. The third kappa shape index (κ3) is 4.19. The van der Waals surface area contributed by atoms with E-state index >= 15 is 0 Å². The Hall–Kier alpha value is -1.92. The van der Waals surface area contributed by atoms with Gasteiger partial charge in [0.2, 0.25) is 10.0 Å². The summed E-state index contributed by atoms with van der Waals surface area (Å²) >= 11 is 0. The van der Waals surface area contributed by atoms with Crippen LogP contribution in [-0.4, -0.2) is 49.6 Å². The lowest BCUT2D eigenvalue weighted by molar-refractivity contribution is 0.384. The van der Waals surface area contributed by atoms with E-state index in [9.17, 15) is 8.42 Å². The van der Waals surface area contributed by atoms with Crippen molar-refractivity contribution in [2.24, 2.45) is 0 Å². The molecule has 5 nitrogen and oxygen atoms in total. The molecule has 1 aromatic carbocycles. The molecule has 0 radical (unpaired) electrons. The molecule has 1 aliphatic rings. The minimum Gasteiger partial charge on any atom is -0.368 e. The van der Waals surface area contributed by atoms with E-state index in [2.05, 4.69) is 41.9 Å². The average molecular weight is 359 g/mol. The molecule has 0 amide bonds. The highest BCUT2D eigenvalue weighted by atomic mass is 32.2. The fourth-order valence-electron chi connectivity index (χ4n) is 3.40. The van der Waals surface area contributed by atoms with Gasteiger partial charge in [-0.3, -0.25) is 4.98 Å². The monoisotopic (exact) mass is 359 g/mol. The van der Waals surface area contributed by atoms with E-state index in [0.29, 0.717) is 19.5 Å². The number of benzene rings is 1. The Balaban J connectivity index is 1.61. The third-order valence-electron chi connectivity index (χ3n) is 4.73. The molecule has 1 aromatic heterocycles. The quantitative estimate of drug-likeness (QED) is 0.823. The molecule has 0 bridgehead atoms. The van der Waals surface area contributed by atoms with Crippen LogP contribution in [0.3, 0.4) is 0 Å². The molecule has 0 aliphatic carbocycles. The molecule has 0 spiro atoms. The second kappa shape index (κ2) is 7.54. The number of para-hydroxylation sites is 1. The number of nitrogens with zero attached hydrogens (tertiary/aromatic N) is 3. The Bertz CT molecular complexity index is 794. The average Bonchev–Trinajstić information content (AvgIpc) is 2.61. The van der Waals surface area contributed by atoms with Crippen molar-refractivity contribution >= 4 is 15.7 Å². The van der Waals surface area contributed by atoms with Crippen LogP contribution in [0, 0.1) is 13.8 Å². The van der Waals surface area contributed by atoms with Gasteiger partial charge in [0.05, 0.1) is 5.75 Å². The number of hydrogen-bond acceptors (Lipinski definition) is 4. The molecule has 1 fully saturated rings. The van der Waals surface area contributed by atoms with Crippen LogP contribution < -0.4 is 4.90 Å². The van der Waals surface area contributed by atoms with Crippen molar-refractivity contribution in [1.29, 1.82) is 0 Å². The van der Waals surface area contributed by atoms with Gasteiger partial charge in [-0.1, -0.05) is 24.3 Å². The van der Waals surface area contributed by atoms with Crippen LogP contribution in [0.15, 0.2) is 42.6 Å². The van der Waals surface area contributed by atoms with E-state index in [0.717, 1.165) is 18.8 Å². The summed E-state index contributed by atoms with van der Waals surface area (Å²) < 4.78 is 26.9. The molecule has 0 atom stereocenters. The van der Waals surface area contributed by atoms with E-state index in [1.165, 1.54) is 16.8 Å². The standard InChI is InChI=1S/C19H25N3O2S/c1-16-6-5-7-17(2)19(16)21-11-13-22(14-12-21)25(23,24)15-9-18-8-3-4-10-20-18/h3-8,10H,9,11-15H2,1-2H3. The van der Waals surface area contributed by atoms with Crippen LogP contribution in [0.25, 0.3) is 0 Å². The third-order valence-corrected chi connectivity index (χ3v) is 6.60. The zero-order valence-corrected chi connectivity index (χ0v) is 15.7. The van der Waals surface area contributed by atoms with Gasteiger partial charge in [-0.15, -0.1) is 0 Å². The maximum atomic E-state index is 12.6. The molecular formula is C19H25N3O2S. The first-order chi connectivity index (χ1) is 12.0. The lowest BCUT2D eigenvalue weighted by Gasteiger charge is -2.37. The Morgan fingerprint density at radius 1 is 0.960 bits per heavy atom. The summed E-state index contributed by atoms with van der Waals surface area (Å²) in [6.07, 6.45) is 2.16. The Morgan fingerprint density at radius 2 is 1.64 bits per heavy atom. The van der Waals surface area contributed by atoms with Crippen LogP contribution in [-0.2, 0) is 16.4 Å². The highest BCUT2D eigenvalue weighted by Gasteiger charge is 2.27. The number of piperazine rings is 1. The predicted octanol–water partition coefficient (Wildman–Crippen LogP) is 2.39. The molecule has 0 N–H and O–H groups in total. The minimum atomic E-state index is -3.24. The summed E-state index contributed by atoms with van der Waals surface area (Å²) in [4.78, 5) is 6.51. The number of hydrogen-bond donors (Lipinski definition) is 0. The van der Waals surface area contributed by atoms with Crippen molar-refractivity contribution in [3.8, 4) is 0 Å².